The van der Waals surface area contributed by atoms with Gasteiger partial charge in [0.2, 0.25) is 0 Å². The van der Waals surface area contributed by atoms with E-state index in [1.807, 2.05) is 23.6 Å². The molecule has 0 aliphatic heterocycles. The summed E-state index contributed by atoms with van der Waals surface area (Å²) in [7, 11) is 0. The van der Waals surface area contributed by atoms with Gasteiger partial charge in [0, 0.05) is 11.0 Å². The van der Waals surface area contributed by atoms with Crippen LogP contribution in [0.15, 0.2) is 46.8 Å². The molecule has 2 aromatic heterocycles. The summed E-state index contributed by atoms with van der Waals surface area (Å²) in [5.41, 5.74) is 2.14. The van der Waals surface area contributed by atoms with Crippen molar-refractivity contribution >= 4 is 50.8 Å². The molecular formula is C22H24N2O3S2. The van der Waals surface area contributed by atoms with Gasteiger partial charge in [-0.3, -0.25) is 9.59 Å². The summed E-state index contributed by atoms with van der Waals surface area (Å²) in [4.78, 5) is 30.2. The molecule has 0 aliphatic carbocycles. The molecule has 1 aromatic carbocycles. The molecule has 152 valence electrons. The summed E-state index contributed by atoms with van der Waals surface area (Å²) in [5.74, 6) is -0.695. The van der Waals surface area contributed by atoms with Crippen molar-refractivity contribution in [1.29, 1.82) is 0 Å². The number of hydrogen-bond acceptors (Lipinski definition) is 5. The number of fused-ring (bicyclic) bond motifs is 1. The van der Waals surface area contributed by atoms with Crippen LogP contribution in [0.5, 0.6) is 0 Å². The van der Waals surface area contributed by atoms with Crippen molar-refractivity contribution in [2.75, 3.05) is 6.61 Å². The summed E-state index contributed by atoms with van der Waals surface area (Å²) >= 11 is 2.98. The Balaban J connectivity index is 1.98. The van der Waals surface area contributed by atoms with Gasteiger partial charge in [-0.15, -0.1) is 11.3 Å². The first-order valence-corrected chi connectivity index (χ1v) is 11.4. The molecule has 0 spiro atoms. The second kappa shape index (κ2) is 10.3. The Bertz CT molecular complexity index is 1080. The second-order valence-electron chi connectivity index (χ2n) is 6.48. The van der Waals surface area contributed by atoms with Crippen molar-refractivity contribution < 1.29 is 14.3 Å². The minimum absolute atomic E-state index is 0.0307. The lowest BCUT2D eigenvalue weighted by molar-refractivity contribution is -0.143. The molecule has 0 bridgehead atoms. The van der Waals surface area contributed by atoms with Crippen LogP contribution < -0.4 is 4.80 Å². The van der Waals surface area contributed by atoms with Crippen molar-refractivity contribution in [1.82, 2.24) is 4.57 Å². The third-order valence-electron chi connectivity index (χ3n) is 4.30. The average Bonchev–Trinajstić information content (AvgIpc) is 3.33. The number of carbonyl (C=O) groups is 2. The zero-order valence-corrected chi connectivity index (χ0v) is 18.2. The standard InChI is InChI=1S/C22H24N2O3S2/c1-3-5-7-16-9-11-18-19(14-16)29-22(24(18)15-21(26)27-4-2)23-20(25)12-10-17-8-6-13-28-17/h6,8-14H,3-5,7,15H2,1-2H3/b12-10+,23-22?. The van der Waals surface area contributed by atoms with Crippen LogP contribution in [0.1, 0.15) is 37.1 Å². The molecule has 0 N–H and O–H groups in total. The number of benzene rings is 1. The van der Waals surface area contributed by atoms with Crippen LogP contribution in [-0.2, 0) is 27.3 Å². The van der Waals surface area contributed by atoms with E-state index < -0.39 is 0 Å². The number of unbranched alkanes of at least 4 members (excludes halogenated alkanes) is 1. The lowest BCUT2D eigenvalue weighted by atomic mass is 10.1. The van der Waals surface area contributed by atoms with Crippen LogP contribution in [0, 0.1) is 0 Å². The molecule has 5 nitrogen and oxygen atoms in total. The van der Waals surface area contributed by atoms with Crippen LogP contribution in [0.3, 0.4) is 0 Å². The van der Waals surface area contributed by atoms with Gasteiger partial charge in [0.15, 0.2) is 4.80 Å². The highest BCUT2D eigenvalue weighted by Crippen LogP contribution is 2.21. The molecule has 7 heteroatoms. The summed E-state index contributed by atoms with van der Waals surface area (Å²) < 4.78 is 7.88. The van der Waals surface area contributed by atoms with Gasteiger partial charge in [0.1, 0.15) is 6.54 Å². The van der Waals surface area contributed by atoms with E-state index in [4.69, 9.17) is 4.74 Å². The quantitative estimate of drug-likeness (QED) is 0.382. The SMILES string of the molecule is CCCCc1ccc2c(c1)sc(=NC(=O)/C=C/c1cccs1)n2CC(=O)OCC. The Morgan fingerprint density at radius 3 is 2.83 bits per heavy atom. The van der Waals surface area contributed by atoms with Gasteiger partial charge in [0.05, 0.1) is 16.8 Å². The van der Waals surface area contributed by atoms with E-state index in [-0.39, 0.29) is 18.4 Å². The lowest BCUT2D eigenvalue weighted by Crippen LogP contribution is -2.22. The van der Waals surface area contributed by atoms with Crippen LogP contribution in [0.2, 0.25) is 0 Å². The fraction of sp³-hybridized carbons (Fsp3) is 0.318. The molecule has 0 atom stereocenters. The third-order valence-corrected chi connectivity index (χ3v) is 6.18. The molecule has 0 radical (unpaired) electrons. The number of hydrogen-bond donors (Lipinski definition) is 0. The highest BCUT2D eigenvalue weighted by molar-refractivity contribution is 7.16. The predicted octanol–water partition coefficient (Wildman–Crippen LogP) is 4.81. The first-order valence-electron chi connectivity index (χ1n) is 9.69. The number of thiophene rings is 1. The van der Waals surface area contributed by atoms with Crippen LogP contribution >= 0.6 is 22.7 Å². The predicted molar refractivity (Wildman–Crippen MR) is 119 cm³/mol. The molecule has 0 aliphatic rings. The highest BCUT2D eigenvalue weighted by Gasteiger charge is 2.12. The van der Waals surface area contributed by atoms with E-state index in [1.165, 1.54) is 23.0 Å². The lowest BCUT2D eigenvalue weighted by Gasteiger charge is -2.05. The number of carbonyl (C=O) groups excluding carboxylic acids is 2. The number of ether oxygens (including phenoxy) is 1. The van der Waals surface area contributed by atoms with E-state index in [2.05, 4.69) is 24.0 Å². The Hall–Kier alpha value is -2.51. The number of esters is 1. The minimum Gasteiger partial charge on any atom is -0.465 e. The van der Waals surface area contributed by atoms with Crippen molar-refractivity contribution in [3.05, 3.63) is 57.0 Å². The molecular weight excluding hydrogens is 404 g/mol. The highest BCUT2D eigenvalue weighted by atomic mass is 32.1. The number of aromatic nitrogens is 1. The van der Waals surface area contributed by atoms with Crippen LogP contribution in [0.4, 0.5) is 0 Å². The molecule has 0 saturated heterocycles. The minimum atomic E-state index is -0.353. The smallest absolute Gasteiger partial charge is 0.326 e. The summed E-state index contributed by atoms with van der Waals surface area (Å²) in [6.45, 7) is 4.29. The Labute approximate surface area is 178 Å². The molecule has 0 saturated carbocycles. The number of rotatable bonds is 8. The largest absolute Gasteiger partial charge is 0.465 e. The Kier molecular flexibility index (Phi) is 7.55. The molecule has 0 unspecified atom stereocenters. The number of thiazole rings is 1. The number of nitrogens with zero attached hydrogens (tertiary/aromatic N) is 2. The van der Waals surface area contributed by atoms with Gasteiger partial charge in [0.25, 0.3) is 5.91 Å². The summed E-state index contributed by atoms with van der Waals surface area (Å²) in [6, 6.07) is 10.1. The van der Waals surface area contributed by atoms with Crippen molar-refractivity contribution in [3.8, 4) is 0 Å². The number of amides is 1. The maximum absolute atomic E-state index is 12.4. The van der Waals surface area contributed by atoms with Gasteiger partial charge in [-0.05, 0) is 55.0 Å². The van der Waals surface area contributed by atoms with Crippen LogP contribution in [-0.4, -0.2) is 23.1 Å². The maximum atomic E-state index is 12.4. The molecule has 0 fully saturated rings. The van der Waals surface area contributed by atoms with Crippen molar-refractivity contribution in [2.24, 2.45) is 4.99 Å². The van der Waals surface area contributed by atoms with Gasteiger partial charge in [-0.25, -0.2) is 0 Å². The second-order valence-corrected chi connectivity index (χ2v) is 8.47. The molecule has 29 heavy (non-hydrogen) atoms. The Morgan fingerprint density at radius 1 is 1.24 bits per heavy atom. The van der Waals surface area contributed by atoms with E-state index in [0.29, 0.717) is 11.4 Å². The molecule has 1 amide bonds. The van der Waals surface area contributed by atoms with Crippen molar-refractivity contribution in [3.63, 3.8) is 0 Å². The zero-order valence-electron chi connectivity index (χ0n) is 16.6. The van der Waals surface area contributed by atoms with Gasteiger partial charge >= 0.3 is 5.97 Å². The van der Waals surface area contributed by atoms with Crippen molar-refractivity contribution in [2.45, 2.75) is 39.7 Å². The van der Waals surface area contributed by atoms with Gasteiger partial charge in [-0.2, -0.15) is 4.99 Å². The normalized spacial score (nSPS) is 12.1. The maximum Gasteiger partial charge on any atom is 0.326 e. The first-order chi connectivity index (χ1) is 14.1. The van der Waals surface area contributed by atoms with E-state index in [1.54, 1.807) is 28.9 Å². The van der Waals surface area contributed by atoms with Gasteiger partial charge < -0.3 is 9.30 Å². The molecule has 3 rings (SSSR count). The fourth-order valence-corrected chi connectivity index (χ4v) is 4.62. The molecule has 2 heterocycles. The van der Waals surface area contributed by atoms with Crippen LogP contribution in [0.25, 0.3) is 16.3 Å². The van der Waals surface area contributed by atoms with E-state index >= 15 is 0 Å². The van der Waals surface area contributed by atoms with Gasteiger partial charge in [-0.1, -0.05) is 36.8 Å². The topological polar surface area (TPSA) is 60.7 Å². The monoisotopic (exact) mass is 428 g/mol. The number of aryl methyl sites for hydroxylation is 1. The summed E-state index contributed by atoms with van der Waals surface area (Å²) in [5, 5.41) is 1.96. The molecule has 3 aromatic rings. The Morgan fingerprint density at radius 2 is 2.10 bits per heavy atom. The van der Waals surface area contributed by atoms with E-state index in [9.17, 15) is 9.59 Å². The third kappa shape index (κ3) is 5.74. The van der Waals surface area contributed by atoms with E-state index in [0.717, 1.165) is 34.4 Å². The first kappa shape index (κ1) is 21.2. The summed E-state index contributed by atoms with van der Waals surface area (Å²) in [6.07, 6.45) is 6.48. The zero-order chi connectivity index (χ0) is 20.6. The fourth-order valence-electron chi connectivity index (χ4n) is 2.90. The average molecular weight is 429 g/mol.